The van der Waals surface area contributed by atoms with Gasteiger partial charge in [-0.05, 0) is 24.1 Å². The molecule has 0 bridgehead atoms. The monoisotopic (exact) mass is 303 g/mol. The Bertz CT molecular complexity index is 533. The Kier molecular flexibility index (Phi) is 6.31. The molecular formula is C13H18ClNO3S. The van der Waals surface area contributed by atoms with E-state index in [0.717, 1.165) is 18.4 Å². The van der Waals surface area contributed by atoms with Crippen LogP contribution in [-0.2, 0) is 20.3 Å². The number of nitrogens with zero attached hydrogens (tertiary/aromatic N) is 1. The average Bonchev–Trinajstić information content (AvgIpc) is 2.31. The summed E-state index contributed by atoms with van der Waals surface area (Å²) in [5.74, 6) is -1.35. The molecule has 0 heterocycles. The zero-order chi connectivity index (χ0) is 14.3. The third kappa shape index (κ3) is 6.07. The Labute approximate surface area is 119 Å². The van der Waals surface area contributed by atoms with Gasteiger partial charge in [-0.25, -0.2) is 8.57 Å². The predicted molar refractivity (Wildman–Crippen MR) is 78.0 cm³/mol. The summed E-state index contributed by atoms with van der Waals surface area (Å²) in [6, 6.07) is 6.89. The lowest BCUT2D eigenvalue weighted by Crippen LogP contribution is -2.17. The van der Waals surface area contributed by atoms with E-state index in [1.165, 1.54) is 0 Å². The lowest BCUT2D eigenvalue weighted by Gasteiger charge is -2.08. The van der Waals surface area contributed by atoms with E-state index in [9.17, 15) is 9.00 Å². The van der Waals surface area contributed by atoms with Gasteiger partial charge in [-0.15, -0.1) is 0 Å². The number of carboxylic acid groups (broad SMARTS) is 1. The van der Waals surface area contributed by atoms with E-state index in [-0.39, 0.29) is 5.75 Å². The standard InChI is InChI=1S/C13H18ClNO3S/c1-2-3-8-15-19(18,10-13(16)17)9-11-4-6-12(14)7-5-11/h4-7H,2-3,8-10H2,1H3,(H,16,17). The van der Waals surface area contributed by atoms with Crippen molar-refractivity contribution in [3.63, 3.8) is 0 Å². The number of halogens is 1. The van der Waals surface area contributed by atoms with Gasteiger partial charge < -0.3 is 5.11 Å². The van der Waals surface area contributed by atoms with Gasteiger partial charge in [0.2, 0.25) is 0 Å². The summed E-state index contributed by atoms with van der Waals surface area (Å²) in [6.45, 7) is 2.45. The number of unbranched alkanes of at least 4 members (excludes halogenated alkanes) is 1. The van der Waals surface area contributed by atoms with Crippen LogP contribution in [0, 0.1) is 0 Å². The van der Waals surface area contributed by atoms with E-state index < -0.39 is 21.5 Å². The first-order valence-corrected chi connectivity index (χ1v) is 8.33. The second kappa shape index (κ2) is 7.50. The zero-order valence-electron chi connectivity index (χ0n) is 10.8. The van der Waals surface area contributed by atoms with Crippen molar-refractivity contribution in [3.05, 3.63) is 34.9 Å². The van der Waals surface area contributed by atoms with Crippen LogP contribution >= 0.6 is 11.6 Å². The van der Waals surface area contributed by atoms with Crippen molar-refractivity contribution in [2.75, 3.05) is 12.3 Å². The molecule has 0 spiro atoms. The summed E-state index contributed by atoms with van der Waals surface area (Å²) in [5, 5.41) is 9.46. The van der Waals surface area contributed by atoms with Crippen LogP contribution in [0.2, 0.25) is 5.02 Å². The highest BCUT2D eigenvalue weighted by Gasteiger charge is 2.15. The van der Waals surface area contributed by atoms with Crippen LogP contribution in [-0.4, -0.2) is 27.6 Å². The van der Waals surface area contributed by atoms with Crippen molar-refractivity contribution < 1.29 is 14.1 Å². The molecular weight excluding hydrogens is 286 g/mol. The molecule has 1 atom stereocenters. The van der Waals surface area contributed by atoms with Crippen LogP contribution in [0.25, 0.3) is 0 Å². The molecule has 0 aliphatic carbocycles. The van der Waals surface area contributed by atoms with Crippen molar-refractivity contribution in [1.29, 1.82) is 0 Å². The van der Waals surface area contributed by atoms with Gasteiger partial charge in [-0.1, -0.05) is 37.1 Å². The van der Waals surface area contributed by atoms with Gasteiger partial charge >= 0.3 is 5.97 Å². The first-order valence-electron chi connectivity index (χ1n) is 6.10. The Morgan fingerprint density at radius 1 is 1.37 bits per heavy atom. The molecule has 1 N–H and O–H groups in total. The maximum atomic E-state index is 12.5. The molecule has 0 saturated heterocycles. The smallest absolute Gasteiger partial charge is 0.317 e. The number of carboxylic acids is 1. The molecule has 19 heavy (non-hydrogen) atoms. The van der Waals surface area contributed by atoms with E-state index in [4.69, 9.17) is 16.7 Å². The number of aliphatic carboxylic acids is 1. The fourth-order valence-electron chi connectivity index (χ4n) is 1.57. The Hall–Kier alpha value is -1.07. The average molecular weight is 304 g/mol. The molecule has 6 heteroatoms. The molecule has 0 amide bonds. The molecule has 1 unspecified atom stereocenters. The second-order valence-corrected chi connectivity index (χ2v) is 7.10. The summed E-state index contributed by atoms with van der Waals surface area (Å²) in [7, 11) is -2.74. The number of carbonyl (C=O) groups is 1. The van der Waals surface area contributed by atoms with Gasteiger partial charge in [-0.3, -0.25) is 4.79 Å². The van der Waals surface area contributed by atoms with Crippen LogP contribution in [0.1, 0.15) is 25.3 Å². The summed E-state index contributed by atoms with van der Waals surface area (Å²) < 4.78 is 16.7. The van der Waals surface area contributed by atoms with E-state index in [1.54, 1.807) is 24.3 Å². The molecule has 1 aromatic carbocycles. The minimum atomic E-state index is -2.74. The minimum absolute atomic E-state index is 0.153. The molecule has 0 aliphatic heterocycles. The van der Waals surface area contributed by atoms with Gasteiger partial charge in [-0.2, -0.15) is 0 Å². The molecule has 106 valence electrons. The molecule has 1 rings (SSSR count). The van der Waals surface area contributed by atoms with E-state index >= 15 is 0 Å². The molecule has 4 nitrogen and oxygen atoms in total. The summed E-state index contributed by atoms with van der Waals surface area (Å²) in [5.41, 5.74) is 0.788. The molecule has 0 aromatic heterocycles. The fraction of sp³-hybridized carbons (Fsp3) is 0.462. The van der Waals surface area contributed by atoms with Gasteiger partial charge in [0.25, 0.3) is 0 Å². The SMILES string of the molecule is CCCCN=S(=O)(CC(=O)O)Cc1ccc(Cl)cc1. The van der Waals surface area contributed by atoms with Crippen molar-refractivity contribution in [2.24, 2.45) is 4.36 Å². The van der Waals surface area contributed by atoms with Gasteiger partial charge in [0.1, 0.15) is 5.75 Å². The van der Waals surface area contributed by atoms with Gasteiger partial charge in [0.05, 0.1) is 15.5 Å². The first-order chi connectivity index (χ1) is 8.95. The maximum absolute atomic E-state index is 12.5. The van der Waals surface area contributed by atoms with E-state index in [1.807, 2.05) is 6.92 Å². The maximum Gasteiger partial charge on any atom is 0.317 e. The highest BCUT2D eigenvalue weighted by atomic mass is 35.5. The molecule has 0 radical (unpaired) electrons. The lowest BCUT2D eigenvalue weighted by molar-refractivity contribution is -0.134. The normalized spacial score (nSPS) is 13.8. The fourth-order valence-corrected chi connectivity index (χ4v) is 3.54. The molecule has 1 aromatic rings. The Morgan fingerprint density at radius 2 is 2.00 bits per heavy atom. The van der Waals surface area contributed by atoms with Gasteiger partial charge in [0, 0.05) is 11.6 Å². The topological polar surface area (TPSA) is 66.7 Å². The van der Waals surface area contributed by atoms with Crippen LogP contribution in [0.4, 0.5) is 0 Å². The largest absolute Gasteiger partial charge is 0.481 e. The quantitative estimate of drug-likeness (QED) is 0.787. The first kappa shape index (κ1) is 16.0. The molecule has 0 saturated carbocycles. The predicted octanol–water partition coefficient (Wildman–Crippen LogP) is 3.19. The highest BCUT2D eigenvalue weighted by molar-refractivity contribution is 7.93. The highest BCUT2D eigenvalue weighted by Crippen LogP contribution is 2.14. The van der Waals surface area contributed by atoms with E-state index in [2.05, 4.69) is 4.36 Å². The van der Waals surface area contributed by atoms with Crippen LogP contribution in [0.3, 0.4) is 0 Å². The zero-order valence-corrected chi connectivity index (χ0v) is 12.4. The number of benzene rings is 1. The summed E-state index contributed by atoms with van der Waals surface area (Å²) >= 11 is 5.78. The van der Waals surface area contributed by atoms with E-state index in [0.29, 0.717) is 11.6 Å². The van der Waals surface area contributed by atoms with Gasteiger partial charge in [0.15, 0.2) is 0 Å². The van der Waals surface area contributed by atoms with Crippen molar-refractivity contribution in [2.45, 2.75) is 25.5 Å². The number of hydrogen-bond acceptors (Lipinski definition) is 3. The van der Waals surface area contributed by atoms with Crippen molar-refractivity contribution >= 4 is 27.3 Å². The van der Waals surface area contributed by atoms with Crippen LogP contribution in [0.5, 0.6) is 0 Å². The van der Waals surface area contributed by atoms with Crippen molar-refractivity contribution in [3.8, 4) is 0 Å². The summed E-state index contributed by atoms with van der Waals surface area (Å²) in [6.07, 6.45) is 1.75. The minimum Gasteiger partial charge on any atom is -0.481 e. The number of hydrogen-bond donors (Lipinski definition) is 1. The summed E-state index contributed by atoms with van der Waals surface area (Å²) in [4.78, 5) is 10.8. The second-order valence-electron chi connectivity index (χ2n) is 4.29. The van der Waals surface area contributed by atoms with Crippen LogP contribution in [0.15, 0.2) is 28.6 Å². The lowest BCUT2D eigenvalue weighted by atomic mass is 10.2. The Morgan fingerprint density at radius 3 is 2.53 bits per heavy atom. The van der Waals surface area contributed by atoms with Crippen LogP contribution < -0.4 is 0 Å². The third-order valence-corrected chi connectivity index (χ3v) is 4.88. The molecule has 0 aliphatic rings. The third-order valence-electron chi connectivity index (χ3n) is 2.49. The molecule has 0 fully saturated rings. The Balaban J connectivity index is 2.90. The number of rotatable bonds is 7. The van der Waals surface area contributed by atoms with Crippen molar-refractivity contribution in [1.82, 2.24) is 0 Å².